The van der Waals surface area contributed by atoms with Gasteiger partial charge in [0.25, 0.3) is 0 Å². The smallest absolute Gasteiger partial charge is 0.165 e. The number of nitrogens with zero attached hydrogens (tertiary/aromatic N) is 4. The molecule has 1 aliphatic carbocycles. The second-order valence-electron chi connectivity index (χ2n) is 10.1. The zero-order valence-corrected chi connectivity index (χ0v) is 20.3. The number of nitrogens with two attached hydrogens (primary N) is 1. The fraction of sp³-hybridized carbons (Fsp3) is 0.296. The van der Waals surface area contributed by atoms with E-state index in [9.17, 15) is 5.11 Å². The Balaban J connectivity index is 1.52. The third-order valence-corrected chi connectivity index (χ3v) is 7.68. The minimum absolute atomic E-state index is 0.310. The SMILES string of the molecule is CC(C)c1cc2ncc3cc(-c4cccs4)c(-c4ccc(C5(N)CC(C)(O)C5)cc4)nc3n2n1. The van der Waals surface area contributed by atoms with E-state index < -0.39 is 11.1 Å². The van der Waals surface area contributed by atoms with Crippen LogP contribution >= 0.6 is 11.3 Å². The standard InChI is InChI=1S/C27H27N5OS/c1-16(2)21-12-23-29-13-18-11-20(22-5-4-10-34-22)24(30-25(18)32(23)31-21)17-6-8-19(9-7-17)27(28)14-26(3,33)15-27/h4-13,16,33H,14-15,28H2,1-3H3. The van der Waals surface area contributed by atoms with Crippen LogP contribution in [0.25, 0.3) is 38.4 Å². The van der Waals surface area contributed by atoms with Gasteiger partial charge in [0.1, 0.15) is 0 Å². The second kappa shape index (κ2) is 7.43. The second-order valence-corrected chi connectivity index (χ2v) is 11.1. The summed E-state index contributed by atoms with van der Waals surface area (Å²) in [6, 6.07) is 16.7. The van der Waals surface area contributed by atoms with Crippen LogP contribution in [0.1, 0.15) is 50.8 Å². The lowest BCUT2D eigenvalue weighted by atomic mass is 9.63. The fourth-order valence-corrected chi connectivity index (χ4v) is 5.89. The Hall–Kier alpha value is -3.13. The van der Waals surface area contributed by atoms with Gasteiger partial charge in [-0.25, -0.2) is 9.97 Å². The Kier molecular flexibility index (Phi) is 4.68. The van der Waals surface area contributed by atoms with Crippen LogP contribution in [-0.2, 0) is 5.54 Å². The Morgan fingerprint density at radius 3 is 2.53 bits per heavy atom. The molecule has 1 saturated carbocycles. The van der Waals surface area contributed by atoms with Crippen molar-refractivity contribution in [2.24, 2.45) is 5.73 Å². The van der Waals surface area contributed by atoms with Crippen LogP contribution in [0.3, 0.4) is 0 Å². The minimum Gasteiger partial charge on any atom is -0.390 e. The predicted molar refractivity (Wildman–Crippen MR) is 137 cm³/mol. The first kappa shape index (κ1) is 21.4. The lowest BCUT2D eigenvalue weighted by Crippen LogP contribution is -2.58. The van der Waals surface area contributed by atoms with Crippen molar-refractivity contribution >= 4 is 28.0 Å². The van der Waals surface area contributed by atoms with Crippen LogP contribution in [0.15, 0.2) is 60.1 Å². The highest BCUT2D eigenvalue weighted by Gasteiger charge is 2.49. The van der Waals surface area contributed by atoms with Crippen molar-refractivity contribution in [2.45, 2.75) is 50.7 Å². The summed E-state index contributed by atoms with van der Waals surface area (Å²) in [5.74, 6) is 0.310. The lowest BCUT2D eigenvalue weighted by Gasteiger charge is -2.49. The van der Waals surface area contributed by atoms with Crippen molar-refractivity contribution in [3.05, 3.63) is 71.4 Å². The summed E-state index contributed by atoms with van der Waals surface area (Å²) in [6.07, 6.45) is 3.01. The molecule has 0 amide bonds. The summed E-state index contributed by atoms with van der Waals surface area (Å²) >= 11 is 1.69. The zero-order valence-electron chi connectivity index (χ0n) is 19.5. The van der Waals surface area contributed by atoms with E-state index in [0.717, 1.165) is 49.6 Å². The molecule has 5 aromatic rings. The first-order valence-electron chi connectivity index (χ1n) is 11.6. The molecule has 0 aliphatic heterocycles. The van der Waals surface area contributed by atoms with Crippen molar-refractivity contribution in [3.63, 3.8) is 0 Å². The molecule has 1 fully saturated rings. The Morgan fingerprint density at radius 2 is 1.88 bits per heavy atom. The summed E-state index contributed by atoms with van der Waals surface area (Å²) in [6.45, 7) is 6.10. The normalized spacial score (nSPS) is 22.5. The lowest BCUT2D eigenvalue weighted by molar-refractivity contribution is -0.0738. The van der Waals surface area contributed by atoms with Gasteiger partial charge in [0, 0.05) is 39.2 Å². The number of pyridine rings is 1. The maximum Gasteiger partial charge on any atom is 0.165 e. The largest absolute Gasteiger partial charge is 0.390 e. The number of benzene rings is 1. The summed E-state index contributed by atoms with van der Waals surface area (Å²) in [5, 5.41) is 18.0. The molecule has 34 heavy (non-hydrogen) atoms. The molecule has 0 bridgehead atoms. The van der Waals surface area contributed by atoms with Crippen molar-refractivity contribution in [1.82, 2.24) is 19.6 Å². The predicted octanol–water partition coefficient (Wildman–Crippen LogP) is 5.50. The zero-order chi connectivity index (χ0) is 23.7. The number of aromatic nitrogens is 4. The molecule has 0 saturated heterocycles. The van der Waals surface area contributed by atoms with Gasteiger partial charge in [-0.3, -0.25) is 0 Å². The third-order valence-electron chi connectivity index (χ3n) is 6.78. The van der Waals surface area contributed by atoms with Crippen molar-refractivity contribution < 1.29 is 5.11 Å². The van der Waals surface area contributed by atoms with Gasteiger partial charge in [-0.05, 0) is 48.8 Å². The Labute approximate surface area is 202 Å². The van der Waals surface area contributed by atoms with Gasteiger partial charge in [0.2, 0.25) is 0 Å². The van der Waals surface area contributed by atoms with Crippen LogP contribution in [0.4, 0.5) is 0 Å². The molecular formula is C27H27N5OS. The van der Waals surface area contributed by atoms with Gasteiger partial charge in [-0.15, -0.1) is 11.3 Å². The summed E-state index contributed by atoms with van der Waals surface area (Å²) in [5.41, 5.74) is 12.0. The van der Waals surface area contributed by atoms with Gasteiger partial charge in [0.15, 0.2) is 11.3 Å². The van der Waals surface area contributed by atoms with Crippen LogP contribution in [0.5, 0.6) is 0 Å². The van der Waals surface area contributed by atoms with E-state index in [1.807, 2.05) is 23.7 Å². The molecule has 4 heterocycles. The monoisotopic (exact) mass is 469 g/mol. The van der Waals surface area contributed by atoms with E-state index in [-0.39, 0.29) is 0 Å². The molecule has 3 N–H and O–H groups in total. The van der Waals surface area contributed by atoms with Crippen LogP contribution in [0, 0.1) is 0 Å². The molecule has 172 valence electrons. The maximum atomic E-state index is 10.2. The van der Waals surface area contributed by atoms with Crippen LogP contribution in [0.2, 0.25) is 0 Å². The van der Waals surface area contributed by atoms with Gasteiger partial charge in [-0.2, -0.15) is 9.61 Å². The minimum atomic E-state index is -0.683. The van der Waals surface area contributed by atoms with Gasteiger partial charge in [0.05, 0.1) is 17.0 Å². The average Bonchev–Trinajstić information content (AvgIpc) is 3.47. The molecule has 0 atom stereocenters. The Morgan fingerprint density at radius 1 is 1.12 bits per heavy atom. The topological polar surface area (TPSA) is 89.3 Å². The summed E-state index contributed by atoms with van der Waals surface area (Å²) in [4.78, 5) is 10.9. The number of rotatable bonds is 4. The number of aliphatic hydroxyl groups is 1. The molecule has 6 rings (SSSR count). The summed E-state index contributed by atoms with van der Waals surface area (Å²) < 4.78 is 1.85. The molecule has 0 radical (unpaired) electrons. The van der Waals surface area contributed by atoms with Crippen molar-refractivity contribution in [1.29, 1.82) is 0 Å². The molecule has 1 aliphatic rings. The van der Waals surface area contributed by atoms with E-state index in [1.165, 1.54) is 0 Å². The molecule has 0 spiro atoms. The first-order chi connectivity index (χ1) is 16.2. The van der Waals surface area contributed by atoms with Gasteiger partial charge < -0.3 is 10.8 Å². The number of fused-ring (bicyclic) bond motifs is 3. The number of hydrogen-bond acceptors (Lipinski definition) is 6. The van der Waals surface area contributed by atoms with Gasteiger partial charge in [-0.1, -0.05) is 44.2 Å². The van der Waals surface area contributed by atoms with E-state index in [0.29, 0.717) is 18.8 Å². The summed E-state index contributed by atoms with van der Waals surface area (Å²) in [7, 11) is 0. The van der Waals surface area contributed by atoms with E-state index in [1.54, 1.807) is 11.3 Å². The van der Waals surface area contributed by atoms with Gasteiger partial charge >= 0.3 is 0 Å². The molecule has 7 heteroatoms. The molecule has 4 aromatic heterocycles. The fourth-order valence-electron chi connectivity index (χ4n) is 5.15. The van der Waals surface area contributed by atoms with E-state index in [2.05, 4.69) is 66.7 Å². The van der Waals surface area contributed by atoms with E-state index in [4.69, 9.17) is 15.8 Å². The molecular weight excluding hydrogens is 442 g/mol. The highest BCUT2D eigenvalue weighted by molar-refractivity contribution is 7.13. The maximum absolute atomic E-state index is 10.2. The van der Waals surface area contributed by atoms with E-state index >= 15 is 0 Å². The average molecular weight is 470 g/mol. The quantitative estimate of drug-likeness (QED) is 0.363. The number of thiophene rings is 1. The Bertz CT molecular complexity index is 1510. The highest BCUT2D eigenvalue weighted by atomic mass is 32.1. The van der Waals surface area contributed by atoms with Crippen LogP contribution in [-0.4, -0.2) is 30.3 Å². The highest BCUT2D eigenvalue weighted by Crippen LogP contribution is 2.46. The first-order valence-corrected chi connectivity index (χ1v) is 12.5. The van der Waals surface area contributed by atoms with Crippen LogP contribution < -0.4 is 5.73 Å². The third kappa shape index (κ3) is 3.43. The molecule has 0 unspecified atom stereocenters. The molecule has 1 aromatic carbocycles. The number of hydrogen-bond donors (Lipinski definition) is 2. The van der Waals surface area contributed by atoms with Crippen molar-refractivity contribution in [3.8, 4) is 21.7 Å². The van der Waals surface area contributed by atoms with Crippen molar-refractivity contribution in [2.75, 3.05) is 0 Å². The molecule has 6 nitrogen and oxygen atoms in total.